The summed E-state index contributed by atoms with van der Waals surface area (Å²) >= 11 is 5.85. The van der Waals surface area contributed by atoms with Crippen LogP contribution >= 0.6 is 11.6 Å². The van der Waals surface area contributed by atoms with E-state index in [0.29, 0.717) is 22.1 Å². The van der Waals surface area contributed by atoms with Crippen LogP contribution in [-0.4, -0.2) is 5.11 Å². The molecule has 1 heterocycles. The van der Waals surface area contributed by atoms with Gasteiger partial charge in [-0.3, -0.25) is 0 Å². The van der Waals surface area contributed by atoms with Gasteiger partial charge in [-0.15, -0.1) is 0 Å². The summed E-state index contributed by atoms with van der Waals surface area (Å²) in [5, 5.41) is 10.2. The van der Waals surface area contributed by atoms with Crippen molar-refractivity contribution in [2.45, 2.75) is 6.61 Å². The van der Waals surface area contributed by atoms with Gasteiger partial charge in [-0.05, 0) is 54.6 Å². The van der Waals surface area contributed by atoms with Gasteiger partial charge in [-0.2, -0.15) is 0 Å². The summed E-state index contributed by atoms with van der Waals surface area (Å²) in [5.41, 5.74) is 1.59. The first-order valence-corrected chi connectivity index (χ1v) is 6.85. The van der Waals surface area contributed by atoms with Gasteiger partial charge in [0.15, 0.2) is 0 Å². The molecule has 0 saturated heterocycles. The molecule has 0 saturated carbocycles. The molecule has 3 aromatic rings. The van der Waals surface area contributed by atoms with Crippen molar-refractivity contribution in [2.75, 3.05) is 0 Å². The average Bonchev–Trinajstić information content (AvgIpc) is 3.04. The lowest BCUT2D eigenvalue weighted by molar-refractivity contribution is 0.276. The molecule has 0 radical (unpaired) electrons. The Morgan fingerprint density at radius 1 is 1.05 bits per heavy atom. The summed E-state index contributed by atoms with van der Waals surface area (Å²) in [6.07, 6.45) is 1.62. The maximum atomic E-state index is 9.53. The highest BCUT2D eigenvalue weighted by Crippen LogP contribution is 2.30. The maximum Gasteiger partial charge on any atom is 0.133 e. The summed E-state index contributed by atoms with van der Waals surface area (Å²) in [6, 6.07) is 16.3. The van der Waals surface area contributed by atoms with E-state index < -0.39 is 0 Å². The van der Waals surface area contributed by atoms with E-state index in [1.54, 1.807) is 30.5 Å². The summed E-state index contributed by atoms with van der Waals surface area (Å²) in [4.78, 5) is 0. The Balaban J connectivity index is 1.90. The van der Waals surface area contributed by atoms with Crippen LogP contribution in [-0.2, 0) is 6.61 Å². The van der Waals surface area contributed by atoms with Gasteiger partial charge in [0.25, 0.3) is 0 Å². The van der Waals surface area contributed by atoms with Gasteiger partial charge in [-0.1, -0.05) is 11.6 Å². The highest BCUT2D eigenvalue weighted by atomic mass is 35.5. The molecule has 1 aromatic heterocycles. The number of ether oxygens (including phenoxy) is 1. The molecule has 3 rings (SSSR count). The first-order chi connectivity index (χ1) is 10.3. The van der Waals surface area contributed by atoms with Gasteiger partial charge in [-0.25, -0.2) is 0 Å². The predicted octanol–water partition coefficient (Wildman–Crippen LogP) is 4.88. The van der Waals surface area contributed by atoms with Crippen molar-refractivity contribution in [3.8, 4) is 22.8 Å². The molecule has 21 heavy (non-hydrogen) atoms. The van der Waals surface area contributed by atoms with Crippen LogP contribution in [0, 0.1) is 0 Å². The smallest absolute Gasteiger partial charge is 0.133 e. The van der Waals surface area contributed by atoms with Crippen LogP contribution < -0.4 is 4.74 Å². The second-order valence-electron chi connectivity index (χ2n) is 4.51. The minimum atomic E-state index is -0.114. The fourth-order valence-electron chi connectivity index (χ4n) is 2.03. The Morgan fingerprint density at radius 2 is 1.86 bits per heavy atom. The van der Waals surface area contributed by atoms with Crippen molar-refractivity contribution >= 4 is 11.6 Å². The number of hydrogen-bond donors (Lipinski definition) is 1. The molecule has 0 spiro atoms. The van der Waals surface area contributed by atoms with Gasteiger partial charge in [0.2, 0.25) is 0 Å². The Kier molecular flexibility index (Phi) is 3.95. The molecule has 0 aliphatic carbocycles. The monoisotopic (exact) mass is 300 g/mol. The van der Waals surface area contributed by atoms with Crippen LogP contribution in [0.5, 0.6) is 11.5 Å². The molecule has 106 valence electrons. The molecule has 4 heteroatoms. The molecule has 0 aliphatic heterocycles. The Morgan fingerprint density at radius 3 is 2.52 bits per heavy atom. The minimum absolute atomic E-state index is 0.114. The van der Waals surface area contributed by atoms with Crippen LogP contribution in [0.4, 0.5) is 0 Å². The molecule has 0 aliphatic rings. The van der Waals surface area contributed by atoms with E-state index in [0.717, 1.165) is 11.3 Å². The second-order valence-corrected chi connectivity index (χ2v) is 4.95. The van der Waals surface area contributed by atoms with Gasteiger partial charge in [0.05, 0.1) is 12.9 Å². The number of rotatable bonds is 4. The zero-order valence-electron chi connectivity index (χ0n) is 11.1. The van der Waals surface area contributed by atoms with Crippen molar-refractivity contribution in [3.63, 3.8) is 0 Å². The van der Waals surface area contributed by atoms with Gasteiger partial charge < -0.3 is 14.3 Å². The lowest BCUT2D eigenvalue weighted by Crippen LogP contribution is -1.92. The molecule has 0 fully saturated rings. The quantitative estimate of drug-likeness (QED) is 0.746. The van der Waals surface area contributed by atoms with E-state index in [-0.39, 0.29) is 6.61 Å². The third-order valence-corrected chi connectivity index (χ3v) is 3.33. The zero-order valence-corrected chi connectivity index (χ0v) is 11.9. The first-order valence-electron chi connectivity index (χ1n) is 6.47. The predicted molar refractivity (Wildman–Crippen MR) is 81.6 cm³/mol. The molecule has 1 N–H and O–H groups in total. The fourth-order valence-corrected chi connectivity index (χ4v) is 2.15. The molecule has 0 bridgehead atoms. The SMILES string of the molecule is OCc1cc(-c2ccco2)ccc1Oc1ccc(Cl)cc1. The summed E-state index contributed by atoms with van der Waals surface area (Å²) < 4.78 is 11.1. The van der Waals surface area contributed by atoms with Gasteiger partial charge >= 0.3 is 0 Å². The molecule has 0 atom stereocenters. The largest absolute Gasteiger partial charge is 0.464 e. The van der Waals surface area contributed by atoms with Crippen molar-refractivity contribution in [2.24, 2.45) is 0 Å². The third-order valence-electron chi connectivity index (χ3n) is 3.08. The van der Waals surface area contributed by atoms with E-state index in [4.69, 9.17) is 20.8 Å². The lowest BCUT2D eigenvalue weighted by Gasteiger charge is -2.11. The number of hydrogen-bond acceptors (Lipinski definition) is 3. The third kappa shape index (κ3) is 3.10. The molecule has 3 nitrogen and oxygen atoms in total. The van der Waals surface area contributed by atoms with E-state index in [1.807, 2.05) is 30.3 Å². The Hall–Kier alpha value is -2.23. The lowest BCUT2D eigenvalue weighted by atomic mass is 10.1. The summed E-state index contributed by atoms with van der Waals surface area (Å²) in [5.74, 6) is 2.03. The standard InChI is InChI=1S/C17H13ClO3/c18-14-4-6-15(7-5-14)21-17-8-3-12(10-13(17)11-19)16-2-1-9-20-16/h1-10,19H,11H2. The van der Waals surface area contributed by atoms with Crippen molar-refractivity contribution in [1.82, 2.24) is 0 Å². The number of aliphatic hydroxyl groups excluding tert-OH is 1. The molecular weight excluding hydrogens is 288 g/mol. The number of benzene rings is 2. The minimum Gasteiger partial charge on any atom is -0.464 e. The van der Waals surface area contributed by atoms with E-state index >= 15 is 0 Å². The number of furan rings is 1. The van der Waals surface area contributed by atoms with Crippen LogP contribution in [0.25, 0.3) is 11.3 Å². The summed E-state index contributed by atoms with van der Waals surface area (Å²) in [6.45, 7) is -0.114. The molecule has 0 unspecified atom stereocenters. The highest BCUT2D eigenvalue weighted by molar-refractivity contribution is 6.30. The van der Waals surface area contributed by atoms with E-state index in [9.17, 15) is 5.11 Å². The second kappa shape index (κ2) is 6.04. The van der Waals surface area contributed by atoms with Crippen LogP contribution in [0.2, 0.25) is 5.02 Å². The van der Waals surface area contributed by atoms with E-state index in [2.05, 4.69) is 0 Å². The van der Waals surface area contributed by atoms with Gasteiger partial charge in [0.1, 0.15) is 17.3 Å². The number of halogens is 1. The van der Waals surface area contributed by atoms with Crippen molar-refractivity contribution in [3.05, 3.63) is 71.4 Å². The average molecular weight is 301 g/mol. The maximum absolute atomic E-state index is 9.53. The topological polar surface area (TPSA) is 42.6 Å². The molecule has 2 aromatic carbocycles. The van der Waals surface area contributed by atoms with Crippen molar-refractivity contribution in [1.29, 1.82) is 0 Å². The van der Waals surface area contributed by atoms with Crippen LogP contribution in [0.1, 0.15) is 5.56 Å². The fraction of sp³-hybridized carbons (Fsp3) is 0.0588. The molecule has 0 amide bonds. The first kappa shape index (κ1) is 13.7. The highest BCUT2D eigenvalue weighted by Gasteiger charge is 2.08. The van der Waals surface area contributed by atoms with Gasteiger partial charge in [0, 0.05) is 16.1 Å². The number of aliphatic hydroxyl groups is 1. The van der Waals surface area contributed by atoms with E-state index in [1.165, 1.54) is 0 Å². The van der Waals surface area contributed by atoms with Crippen LogP contribution in [0.15, 0.2) is 65.3 Å². The Bertz CT molecular complexity index is 718. The van der Waals surface area contributed by atoms with Crippen molar-refractivity contribution < 1.29 is 14.3 Å². The molecular formula is C17H13ClO3. The normalized spacial score (nSPS) is 10.6. The van der Waals surface area contributed by atoms with Crippen LogP contribution in [0.3, 0.4) is 0 Å². The zero-order chi connectivity index (χ0) is 14.7. The summed E-state index contributed by atoms with van der Waals surface area (Å²) in [7, 11) is 0. The Labute approximate surface area is 127 Å².